The van der Waals surface area contributed by atoms with E-state index in [0.717, 1.165) is 25.2 Å². The monoisotopic (exact) mass is 242 g/mol. The zero-order chi connectivity index (χ0) is 12.9. The van der Waals surface area contributed by atoms with Crippen LogP contribution in [0.4, 0.5) is 0 Å². The summed E-state index contributed by atoms with van der Waals surface area (Å²) < 4.78 is 11.5. The minimum atomic E-state index is -0.0738. The highest BCUT2D eigenvalue weighted by Crippen LogP contribution is 2.29. The van der Waals surface area contributed by atoms with Gasteiger partial charge in [0.05, 0.1) is 12.7 Å². The quantitative estimate of drug-likeness (QED) is 0.571. The van der Waals surface area contributed by atoms with E-state index in [-0.39, 0.29) is 17.6 Å². The highest BCUT2D eigenvalue weighted by atomic mass is 16.5. The molecule has 3 N–H and O–H groups in total. The van der Waals surface area contributed by atoms with Crippen LogP contribution in [0.2, 0.25) is 0 Å². The van der Waals surface area contributed by atoms with E-state index < -0.39 is 0 Å². The minimum absolute atomic E-state index is 0.00171. The van der Waals surface area contributed by atoms with Gasteiger partial charge >= 0.3 is 0 Å². The number of nitrogens with two attached hydrogens (primary N) is 1. The Morgan fingerprint density at radius 3 is 2.65 bits per heavy atom. The van der Waals surface area contributed by atoms with Gasteiger partial charge < -0.3 is 9.47 Å². The van der Waals surface area contributed by atoms with Crippen LogP contribution in [-0.4, -0.2) is 25.4 Å². The van der Waals surface area contributed by atoms with Crippen LogP contribution in [0.5, 0.6) is 0 Å². The molecule has 0 amide bonds. The SMILES string of the molecule is CCOC(C(NN)C1=CCCCO1)C(C)(C)C. The average Bonchev–Trinajstić information content (AvgIpc) is 2.29. The van der Waals surface area contributed by atoms with Crippen LogP contribution in [0.25, 0.3) is 0 Å². The van der Waals surface area contributed by atoms with Gasteiger partial charge in [-0.05, 0) is 31.3 Å². The number of hydrogen-bond donors (Lipinski definition) is 2. The summed E-state index contributed by atoms with van der Waals surface area (Å²) in [5.74, 6) is 6.60. The maximum absolute atomic E-state index is 5.85. The van der Waals surface area contributed by atoms with Crippen molar-refractivity contribution in [3.8, 4) is 0 Å². The molecule has 0 aromatic rings. The van der Waals surface area contributed by atoms with Crippen molar-refractivity contribution in [1.29, 1.82) is 0 Å². The molecule has 1 aliphatic rings. The van der Waals surface area contributed by atoms with Gasteiger partial charge in [-0.1, -0.05) is 20.8 Å². The van der Waals surface area contributed by atoms with E-state index in [1.165, 1.54) is 0 Å². The van der Waals surface area contributed by atoms with Crippen LogP contribution in [0, 0.1) is 5.41 Å². The summed E-state index contributed by atoms with van der Waals surface area (Å²) in [6.45, 7) is 9.91. The molecule has 0 spiro atoms. The number of ether oxygens (including phenoxy) is 2. The van der Waals surface area contributed by atoms with E-state index in [2.05, 4.69) is 32.3 Å². The number of hydrazine groups is 1. The molecule has 2 atom stereocenters. The third kappa shape index (κ3) is 3.98. The summed E-state index contributed by atoms with van der Waals surface area (Å²) in [6, 6.07) is -0.0738. The maximum Gasteiger partial charge on any atom is 0.113 e. The summed E-state index contributed by atoms with van der Waals surface area (Å²) in [6.07, 6.45) is 4.25. The number of rotatable bonds is 5. The van der Waals surface area contributed by atoms with Crippen molar-refractivity contribution < 1.29 is 9.47 Å². The van der Waals surface area contributed by atoms with Crippen molar-refractivity contribution in [2.24, 2.45) is 11.3 Å². The molecule has 1 rings (SSSR count). The minimum Gasteiger partial charge on any atom is -0.496 e. The topological polar surface area (TPSA) is 56.5 Å². The molecule has 0 bridgehead atoms. The molecule has 2 unspecified atom stereocenters. The van der Waals surface area contributed by atoms with E-state index in [0.29, 0.717) is 6.61 Å². The third-order valence-electron chi connectivity index (χ3n) is 2.95. The van der Waals surface area contributed by atoms with Gasteiger partial charge in [-0.15, -0.1) is 0 Å². The van der Waals surface area contributed by atoms with Gasteiger partial charge in [0.15, 0.2) is 0 Å². The largest absolute Gasteiger partial charge is 0.496 e. The van der Waals surface area contributed by atoms with Gasteiger partial charge in [-0.2, -0.15) is 0 Å². The molecule has 0 radical (unpaired) electrons. The lowest BCUT2D eigenvalue weighted by atomic mass is 9.83. The number of hydrogen-bond acceptors (Lipinski definition) is 4. The second-order valence-corrected chi connectivity index (χ2v) is 5.48. The summed E-state index contributed by atoms with van der Waals surface area (Å²) in [4.78, 5) is 0. The van der Waals surface area contributed by atoms with E-state index in [1.54, 1.807) is 0 Å². The van der Waals surface area contributed by atoms with E-state index in [1.807, 2.05) is 6.92 Å². The fourth-order valence-electron chi connectivity index (χ4n) is 2.14. The Bertz CT molecular complexity index is 259. The van der Waals surface area contributed by atoms with Gasteiger partial charge in [0.1, 0.15) is 11.8 Å². The van der Waals surface area contributed by atoms with E-state index >= 15 is 0 Å². The summed E-state index contributed by atoms with van der Waals surface area (Å²) in [5, 5.41) is 0. The molecule has 0 aromatic carbocycles. The Labute approximate surface area is 105 Å². The Kier molecular flexibility index (Phi) is 5.43. The molecule has 0 fully saturated rings. The molecule has 4 heteroatoms. The zero-order valence-electron chi connectivity index (χ0n) is 11.5. The Hall–Kier alpha value is -0.580. The first kappa shape index (κ1) is 14.5. The van der Waals surface area contributed by atoms with Crippen molar-refractivity contribution in [3.63, 3.8) is 0 Å². The molecule has 0 saturated carbocycles. The lowest BCUT2D eigenvalue weighted by Gasteiger charge is -2.37. The Morgan fingerprint density at radius 2 is 2.24 bits per heavy atom. The highest BCUT2D eigenvalue weighted by molar-refractivity contribution is 5.10. The van der Waals surface area contributed by atoms with E-state index in [4.69, 9.17) is 15.3 Å². The molecule has 100 valence electrons. The predicted octanol–water partition coefficient (Wildman–Crippen LogP) is 1.96. The molecule has 0 aromatic heterocycles. The Morgan fingerprint density at radius 1 is 1.53 bits per heavy atom. The standard InChI is InChI=1S/C13H26N2O2/c1-5-16-12(13(2,3)4)11(15-14)10-8-6-7-9-17-10/h8,11-12,15H,5-7,9,14H2,1-4H3. The van der Waals surface area contributed by atoms with Crippen LogP contribution in [0.3, 0.4) is 0 Å². The molecule has 1 aliphatic heterocycles. The lowest BCUT2D eigenvalue weighted by Crippen LogP contribution is -2.52. The zero-order valence-corrected chi connectivity index (χ0v) is 11.5. The van der Waals surface area contributed by atoms with Crippen molar-refractivity contribution >= 4 is 0 Å². The molecular weight excluding hydrogens is 216 g/mol. The first-order valence-corrected chi connectivity index (χ1v) is 6.41. The molecule has 4 nitrogen and oxygen atoms in total. The van der Waals surface area contributed by atoms with Crippen molar-refractivity contribution in [2.75, 3.05) is 13.2 Å². The van der Waals surface area contributed by atoms with Crippen LogP contribution in [0.1, 0.15) is 40.5 Å². The second kappa shape index (κ2) is 6.38. The molecule has 1 heterocycles. The smallest absolute Gasteiger partial charge is 0.113 e. The van der Waals surface area contributed by atoms with Gasteiger partial charge in [-0.25, -0.2) is 5.43 Å². The van der Waals surface area contributed by atoms with E-state index in [9.17, 15) is 0 Å². The van der Waals surface area contributed by atoms with Crippen LogP contribution in [-0.2, 0) is 9.47 Å². The predicted molar refractivity (Wildman–Crippen MR) is 69.2 cm³/mol. The van der Waals surface area contributed by atoms with Crippen LogP contribution >= 0.6 is 0 Å². The van der Waals surface area contributed by atoms with Gasteiger partial charge in [0, 0.05) is 6.61 Å². The number of nitrogens with one attached hydrogen (secondary N) is 1. The van der Waals surface area contributed by atoms with Gasteiger partial charge in [0.2, 0.25) is 0 Å². The molecule has 17 heavy (non-hydrogen) atoms. The van der Waals surface area contributed by atoms with Crippen molar-refractivity contribution in [2.45, 2.75) is 52.7 Å². The second-order valence-electron chi connectivity index (χ2n) is 5.48. The normalized spacial score (nSPS) is 20.4. The summed E-state index contributed by atoms with van der Waals surface area (Å²) in [5.41, 5.74) is 2.85. The molecule has 0 aliphatic carbocycles. The van der Waals surface area contributed by atoms with Crippen LogP contribution in [0.15, 0.2) is 11.8 Å². The maximum atomic E-state index is 5.85. The average molecular weight is 242 g/mol. The van der Waals surface area contributed by atoms with Gasteiger partial charge in [-0.3, -0.25) is 5.84 Å². The van der Waals surface area contributed by atoms with Crippen molar-refractivity contribution in [3.05, 3.63) is 11.8 Å². The summed E-state index contributed by atoms with van der Waals surface area (Å²) in [7, 11) is 0. The first-order chi connectivity index (χ1) is 8.00. The van der Waals surface area contributed by atoms with Crippen LogP contribution < -0.4 is 11.3 Å². The summed E-state index contributed by atoms with van der Waals surface area (Å²) >= 11 is 0. The highest BCUT2D eigenvalue weighted by Gasteiger charge is 2.35. The first-order valence-electron chi connectivity index (χ1n) is 6.41. The Balaban J connectivity index is 2.84. The third-order valence-corrected chi connectivity index (χ3v) is 2.95. The fraction of sp³-hybridized carbons (Fsp3) is 0.846. The van der Waals surface area contributed by atoms with Gasteiger partial charge in [0.25, 0.3) is 0 Å². The lowest BCUT2D eigenvalue weighted by molar-refractivity contribution is -0.0407. The molecular formula is C13H26N2O2. The fourth-order valence-corrected chi connectivity index (χ4v) is 2.14. The van der Waals surface area contributed by atoms with Crippen molar-refractivity contribution in [1.82, 2.24) is 5.43 Å². The number of allylic oxidation sites excluding steroid dienone is 1. The molecule has 0 saturated heterocycles.